The predicted molar refractivity (Wildman–Crippen MR) is 143 cm³/mol. The van der Waals surface area contributed by atoms with Crippen LogP contribution in [0.1, 0.15) is 27.0 Å². The number of ether oxygens (including phenoxy) is 1. The fraction of sp³-hybridized carbons (Fsp3) is 0.433. The highest BCUT2D eigenvalue weighted by Gasteiger charge is 2.39. The van der Waals surface area contributed by atoms with Gasteiger partial charge in [-0.15, -0.1) is 0 Å². The van der Waals surface area contributed by atoms with E-state index in [1.165, 1.54) is 4.90 Å². The zero-order valence-electron chi connectivity index (χ0n) is 22.3. The fourth-order valence-electron chi connectivity index (χ4n) is 5.55. The van der Waals surface area contributed by atoms with Gasteiger partial charge in [0, 0.05) is 57.4 Å². The molecular weight excluding hydrogens is 548 g/mol. The maximum Gasteiger partial charge on any atom is 0.416 e. The number of fused-ring (bicyclic) bond motifs is 1. The van der Waals surface area contributed by atoms with E-state index >= 15 is 0 Å². The third-order valence-electron chi connectivity index (χ3n) is 7.78. The summed E-state index contributed by atoms with van der Waals surface area (Å²) in [6, 6.07) is 14.4. The Bertz CT molecular complexity index is 1340. The molecule has 2 fully saturated rings. The van der Waals surface area contributed by atoms with Gasteiger partial charge in [0.25, 0.3) is 5.91 Å². The number of nitrogens with zero attached hydrogens (tertiary/aromatic N) is 3. The van der Waals surface area contributed by atoms with Gasteiger partial charge in [-0.05, 0) is 41.0 Å². The number of piperazine rings is 1. The summed E-state index contributed by atoms with van der Waals surface area (Å²) in [7, 11) is 0. The molecular formula is C30H31F6N3O2. The van der Waals surface area contributed by atoms with Gasteiger partial charge in [-0.1, -0.05) is 42.5 Å². The van der Waals surface area contributed by atoms with Gasteiger partial charge in [-0.2, -0.15) is 26.3 Å². The topological polar surface area (TPSA) is 36.0 Å². The van der Waals surface area contributed by atoms with Crippen LogP contribution in [0.15, 0.2) is 60.7 Å². The second-order valence-corrected chi connectivity index (χ2v) is 10.6. The van der Waals surface area contributed by atoms with Crippen molar-refractivity contribution in [2.24, 2.45) is 0 Å². The number of morpholine rings is 1. The van der Waals surface area contributed by atoms with Crippen LogP contribution in [-0.2, 0) is 23.5 Å². The van der Waals surface area contributed by atoms with Crippen molar-refractivity contribution >= 4 is 16.7 Å². The minimum Gasteiger partial charge on any atom is -0.379 e. The highest BCUT2D eigenvalue weighted by Crippen LogP contribution is 2.37. The molecule has 1 atom stereocenters. The first-order valence-electron chi connectivity index (χ1n) is 13.6. The zero-order valence-corrected chi connectivity index (χ0v) is 22.3. The minimum atomic E-state index is -5.03. The number of rotatable bonds is 6. The lowest BCUT2D eigenvalue weighted by Crippen LogP contribution is -2.57. The Morgan fingerprint density at radius 3 is 2.05 bits per heavy atom. The van der Waals surface area contributed by atoms with Crippen molar-refractivity contribution in [3.05, 3.63) is 82.9 Å². The largest absolute Gasteiger partial charge is 0.416 e. The number of carbonyl (C=O) groups is 1. The molecule has 0 aliphatic carbocycles. The summed E-state index contributed by atoms with van der Waals surface area (Å²) in [6.45, 7) is 5.65. The molecule has 220 valence electrons. The molecule has 0 aromatic heterocycles. The minimum absolute atomic E-state index is 0.0485. The molecule has 0 bridgehead atoms. The molecule has 3 aromatic carbocycles. The fourth-order valence-corrected chi connectivity index (χ4v) is 5.55. The first-order chi connectivity index (χ1) is 19.5. The maximum atomic E-state index is 13.6. The van der Waals surface area contributed by atoms with Crippen LogP contribution in [0, 0.1) is 0 Å². The van der Waals surface area contributed by atoms with Crippen LogP contribution in [0.3, 0.4) is 0 Å². The molecule has 2 heterocycles. The highest BCUT2D eigenvalue weighted by atomic mass is 19.4. The predicted octanol–water partition coefficient (Wildman–Crippen LogP) is 5.58. The normalized spacial score (nSPS) is 19.6. The molecule has 41 heavy (non-hydrogen) atoms. The second-order valence-electron chi connectivity index (χ2n) is 10.6. The van der Waals surface area contributed by atoms with E-state index in [1.807, 2.05) is 42.5 Å². The molecule has 0 N–H and O–H groups in total. The molecule has 2 saturated heterocycles. The van der Waals surface area contributed by atoms with Crippen molar-refractivity contribution in [2.45, 2.75) is 24.8 Å². The first-order valence-corrected chi connectivity index (χ1v) is 13.6. The number of benzene rings is 3. The Hall–Kier alpha value is -3.15. The van der Waals surface area contributed by atoms with Gasteiger partial charge in [-0.3, -0.25) is 14.6 Å². The van der Waals surface area contributed by atoms with E-state index in [-0.39, 0.29) is 12.6 Å². The van der Waals surface area contributed by atoms with Gasteiger partial charge >= 0.3 is 12.4 Å². The van der Waals surface area contributed by atoms with Gasteiger partial charge in [-0.25, -0.2) is 0 Å². The highest BCUT2D eigenvalue weighted by molar-refractivity contribution is 5.95. The Balaban J connectivity index is 1.42. The molecule has 1 amide bonds. The summed E-state index contributed by atoms with van der Waals surface area (Å²) in [4.78, 5) is 19.6. The van der Waals surface area contributed by atoms with Crippen LogP contribution in [0.4, 0.5) is 26.3 Å². The number of alkyl halides is 6. The molecule has 0 radical (unpaired) electrons. The monoisotopic (exact) mass is 579 g/mol. The van der Waals surface area contributed by atoms with Crippen molar-refractivity contribution in [1.29, 1.82) is 0 Å². The van der Waals surface area contributed by atoms with Crippen LogP contribution in [-0.4, -0.2) is 85.7 Å². The molecule has 0 spiro atoms. The summed E-state index contributed by atoms with van der Waals surface area (Å²) in [5, 5.41) is 2.05. The summed E-state index contributed by atoms with van der Waals surface area (Å²) in [5.41, 5.74) is -2.67. The van der Waals surface area contributed by atoms with E-state index in [0.29, 0.717) is 44.9 Å². The summed E-state index contributed by atoms with van der Waals surface area (Å²) < 4.78 is 86.5. The lowest BCUT2D eigenvalue weighted by atomic mass is 9.97. The molecule has 2 aliphatic heterocycles. The Labute approximate surface area is 234 Å². The molecule has 11 heteroatoms. The van der Waals surface area contributed by atoms with Gasteiger partial charge in [0.15, 0.2) is 0 Å². The van der Waals surface area contributed by atoms with Crippen molar-refractivity contribution in [3.8, 4) is 0 Å². The number of carbonyl (C=O) groups excluding carboxylic acids is 1. The Morgan fingerprint density at radius 2 is 1.39 bits per heavy atom. The molecule has 5 rings (SSSR count). The molecule has 5 nitrogen and oxygen atoms in total. The number of amides is 1. The van der Waals surface area contributed by atoms with Crippen LogP contribution >= 0.6 is 0 Å². The number of hydrogen-bond acceptors (Lipinski definition) is 4. The van der Waals surface area contributed by atoms with Crippen LogP contribution in [0.25, 0.3) is 10.8 Å². The van der Waals surface area contributed by atoms with Crippen LogP contribution in [0.5, 0.6) is 0 Å². The van der Waals surface area contributed by atoms with Crippen molar-refractivity contribution in [3.63, 3.8) is 0 Å². The molecule has 3 aromatic rings. The lowest BCUT2D eigenvalue weighted by Gasteiger charge is -2.42. The average Bonchev–Trinajstić information content (AvgIpc) is 2.95. The second kappa shape index (κ2) is 12.0. The SMILES string of the molecule is O=C(c1cc(C(F)(F)F)cc(C(F)(F)F)c1)N1CCN(CCN2CCOCC2)C[C@H]1Cc1ccc2ccccc2c1. The van der Waals surface area contributed by atoms with E-state index in [0.717, 1.165) is 42.5 Å². The van der Waals surface area contributed by atoms with Crippen molar-refractivity contribution in [1.82, 2.24) is 14.7 Å². The zero-order chi connectivity index (χ0) is 29.2. The van der Waals surface area contributed by atoms with Gasteiger partial charge < -0.3 is 9.64 Å². The Kier molecular flexibility index (Phi) is 8.58. The third-order valence-corrected chi connectivity index (χ3v) is 7.78. The number of halogens is 6. The molecule has 0 saturated carbocycles. The molecule has 2 aliphatic rings. The van der Waals surface area contributed by atoms with Crippen molar-refractivity contribution < 1.29 is 35.9 Å². The smallest absolute Gasteiger partial charge is 0.379 e. The van der Waals surface area contributed by atoms with E-state index in [4.69, 9.17) is 4.74 Å². The summed E-state index contributed by atoms with van der Waals surface area (Å²) in [6.07, 6.45) is -9.65. The van der Waals surface area contributed by atoms with Crippen molar-refractivity contribution in [2.75, 3.05) is 59.0 Å². The van der Waals surface area contributed by atoms with Crippen LogP contribution in [0.2, 0.25) is 0 Å². The van der Waals surface area contributed by atoms with E-state index in [1.54, 1.807) is 0 Å². The summed E-state index contributed by atoms with van der Waals surface area (Å²) >= 11 is 0. The van der Waals surface area contributed by atoms with E-state index in [9.17, 15) is 31.1 Å². The third kappa shape index (κ3) is 7.20. The lowest BCUT2D eigenvalue weighted by molar-refractivity contribution is -0.143. The quantitative estimate of drug-likeness (QED) is 0.358. The van der Waals surface area contributed by atoms with E-state index < -0.39 is 41.0 Å². The number of hydrogen-bond donors (Lipinski definition) is 0. The van der Waals surface area contributed by atoms with Gasteiger partial charge in [0.1, 0.15) is 0 Å². The standard InChI is InChI=1S/C30H31F6N3O2/c31-29(32,33)25-17-24(18-26(19-25)30(34,35)36)28(40)39-10-9-38(8-7-37-11-13-41-14-12-37)20-27(39)16-21-5-6-22-3-1-2-4-23(22)15-21/h1-6,15,17-19,27H,7-14,16,20H2/t27-/m1/s1. The van der Waals surface area contributed by atoms with Gasteiger partial charge in [0.05, 0.1) is 24.3 Å². The van der Waals surface area contributed by atoms with E-state index in [2.05, 4.69) is 9.80 Å². The maximum absolute atomic E-state index is 13.6. The average molecular weight is 580 g/mol. The Morgan fingerprint density at radius 1 is 0.756 bits per heavy atom. The molecule has 0 unspecified atom stereocenters. The summed E-state index contributed by atoms with van der Waals surface area (Å²) in [5.74, 6) is -0.833. The van der Waals surface area contributed by atoms with Crippen LogP contribution < -0.4 is 0 Å². The first kappa shape index (κ1) is 29.3. The van der Waals surface area contributed by atoms with Gasteiger partial charge in [0.2, 0.25) is 0 Å².